The van der Waals surface area contributed by atoms with Crippen molar-refractivity contribution >= 4 is 17.5 Å². The SMILES string of the molecule is NC(=O)C1CCCN(Cc2ccccc2NC(=O)c2ccc(OCC(F)(F)F)cc2)C1. The molecule has 1 aliphatic rings. The smallest absolute Gasteiger partial charge is 0.422 e. The molecule has 1 atom stereocenters. The molecule has 0 radical (unpaired) electrons. The van der Waals surface area contributed by atoms with Gasteiger partial charge in [-0.25, -0.2) is 0 Å². The van der Waals surface area contributed by atoms with Gasteiger partial charge in [0, 0.05) is 24.3 Å². The van der Waals surface area contributed by atoms with Crippen LogP contribution >= 0.6 is 0 Å². The number of hydrogen-bond donors (Lipinski definition) is 2. The minimum absolute atomic E-state index is 0.0309. The number of benzene rings is 2. The molecule has 1 aliphatic heterocycles. The van der Waals surface area contributed by atoms with Crippen LogP contribution in [0.15, 0.2) is 48.5 Å². The number of ether oxygens (including phenoxy) is 1. The highest BCUT2D eigenvalue weighted by atomic mass is 19.4. The first-order chi connectivity index (χ1) is 14.7. The number of alkyl halides is 3. The summed E-state index contributed by atoms with van der Waals surface area (Å²) in [6, 6.07) is 12.8. The Morgan fingerprint density at radius 2 is 1.84 bits per heavy atom. The van der Waals surface area contributed by atoms with E-state index in [0.717, 1.165) is 24.9 Å². The van der Waals surface area contributed by atoms with Gasteiger partial charge in [0.15, 0.2) is 6.61 Å². The number of carbonyl (C=O) groups excluding carboxylic acids is 2. The van der Waals surface area contributed by atoms with E-state index in [-0.39, 0.29) is 23.5 Å². The third kappa shape index (κ3) is 6.71. The van der Waals surface area contributed by atoms with Crippen LogP contribution in [0.25, 0.3) is 0 Å². The summed E-state index contributed by atoms with van der Waals surface area (Å²) in [5, 5.41) is 2.85. The molecular weight excluding hydrogens is 411 g/mol. The van der Waals surface area contributed by atoms with Crippen molar-refractivity contribution in [2.24, 2.45) is 11.7 Å². The van der Waals surface area contributed by atoms with E-state index in [0.29, 0.717) is 24.3 Å². The van der Waals surface area contributed by atoms with Crippen molar-refractivity contribution in [3.63, 3.8) is 0 Å². The molecule has 3 N–H and O–H groups in total. The van der Waals surface area contributed by atoms with Gasteiger partial charge in [0.05, 0.1) is 5.92 Å². The topological polar surface area (TPSA) is 84.7 Å². The second-order valence-electron chi connectivity index (χ2n) is 7.52. The van der Waals surface area contributed by atoms with Crippen molar-refractivity contribution in [3.8, 4) is 5.75 Å². The summed E-state index contributed by atoms with van der Waals surface area (Å²) in [6.45, 7) is 0.589. The summed E-state index contributed by atoms with van der Waals surface area (Å²) in [6.07, 6.45) is -2.76. The fourth-order valence-corrected chi connectivity index (χ4v) is 3.51. The summed E-state index contributed by atoms with van der Waals surface area (Å²) in [7, 11) is 0. The van der Waals surface area contributed by atoms with E-state index in [1.807, 2.05) is 12.1 Å². The molecule has 1 heterocycles. The molecule has 1 unspecified atom stereocenters. The van der Waals surface area contributed by atoms with Crippen LogP contribution in [0, 0.1) is 5.92 Å². The second-order valence-corrected chi connectivity index (χ2v) is 7.52. The van der Waals surface area contributed by atoms with E-state index in [4.69, 9.17) is 5.73 Å². The number of nitrogens with one attached hydrogen (secondary N) is 1. The van der Waals surface area contributed by atoms with Gasteiger partial charge in [-0.05, 0) is 55.3 Å². The van der Waals surface area contributed by atoms with E-state index in [1.54, 1.807) is 12.1 Å². The predicted molar refractivity (Wildman–Crippen MR) is 110 cm³/mol. The van der Waals surface area contributed by atoms with Gasteiger partial charge in [-0.2, -0.15) is 13.2 Å². The second kappa shape index (κ2) is 9.82. The number of rotatable bonds is 7. The Bertz CT molecular complexity index is 916. The maximum absolute atomic E-state index is 12.6. The highest BCUT2D eigenvalue weighted by molar-refractivity contribution is 6.04. The number of para-hydroxylation sites is 1. The first-order valence-electron chi connectivity index (χ1n) is 9.92. The van der Waals surface area contributed by atoms with Crippen LogP contribution in [-0.4, -0.2) is 42.6 Å². The molecule has 1 saturated heterocycles. The molecule has 0 bridgehead atoms. The zero-order valence-electron chi connectivity index (χ0n) is 16.8. The summed E-state index contributed by atoms with van der Waals surface area (Å²) < 4.78 is 41.4. The number of nitrogens with two attached hydrogens (primary N) is 1. The molecule has 1 fully saturated rings. The van der Waals surface area contributed by atoms with Crippen molar-refractivity contribution in [2.75, 3.05) is 25.0 Å². The minimum Gasteiger partial charge on any atom is -0.484 e. The maximum atomic E-state index is 12.6. The Hall–Kier alpha value is -3.07. The van der Waals surface area contributed by atoms with Gasteiger partial charge in [0.2, 0.25) is 5.91 Å². The van der Waals surface area contributed by atoms with Gasteiger partial charge >= 0.3 is 6.18 Å². The summed E-state index contributed by atoms with van der Waals surface area (Å²) >= 11 is 0. The van der Waals surface area contributed by atoms with Crippen LogP contribution in [-0.2, 0) is 11.3 Å². The molecule has 9 heteroatoms. The van der Waals surface area contributed by atoms with Gasteiger partial charge in [-0.1, -0.05) is 18.2 Å². The number of likely N-dealkylation sites (tertiary alicyclic amines) is 1. The van der Waals surface area contributed by atoms with Crippen LogP contribution in [0.2, 0.25) is 0 Å². The average molecular weight is 435 g/mol. The molecule has 0 spiro atoms. The zero-order chi connectivity index (χ0) is 22.4. The van der Waals surface area contributed by atoms with Crippen LogP contribution in [0.1, 0.15) is 28.8 Å². The fraction of sp³-hybridized carbons (Fsp3) is 0.364. The Balaban J connectivity index is 1.63. The summed E-state index contributed by atoms with van der Waals surface area (Å²) in [4.78, 5) is 26.3. The van der Waals surface area contributed by atoms with Crippen LogP contribution in [0.4, 0.5) is 18.9 Å². The van der Waals surface area contributed by atoms with Crippen molar-refractivity contribution in [3.05, 3.63) is 59.7 Å². The van der Waals surface area contributed by atoms with Crippen molar-refractivity contribution in [2.45, 2.75) is 25.6 Å². The van der Waals surface area contributed by atoms with Gasteiger partial charge in [-0.15, -0.1) is 0 Å². The standard InChI is InChI=1S/C22H24F3N3O3/c23-22(24,25)14-31-18-9-7-15(8-10-18)21(30)27-19-6-2-1-4-16(19)12-28-11-3-5-17(13-28)20(26)29/h1-2,4,6-10,17H,3,5,11-14H2,(H2,26,29)(H,27,30). The molecule has 0 saturated carbocycles. The Morgan fingerprint density at radius 1 is 1.13 bits per heavy atom. The molecular formula is C22H24F3N3O3. The van der Waals surface area contributed by atoms with Crippen LogP contribution in [0.3, 0.4) is 0 Å². The fourth-order valence-electron chi connectivity index (χ4n) is 3.51. The predicted octanol–water partition coefficient (Wildman–Crippen LogP) is 3.58. The molecule has 6 nitrogen and oxygen atoms in total. The molecule has 0 aliphatic carbocycles. The Kier molecular flexibility index (Phi) is 7.17. The maximum Gasteiger partial charge on any atom is 0.422 e. The minimum atomic E-state index is -4.43. The van der Waals surface area contributed by atoms with E-state index in [2.05, 4.69) is 15.0 Å². The van der Waals surface area contributed by atoms with Crippen LogP contribution < -0.4 is 15.8 Å². The lowest BCUT2D eigenvalue weighted by molar-refractivity contribution is -0.153. The van der Waals surface area contributed by atoms with Crippen molar-refractivity contribution in [1.29, 1.82) is 0 Å². The molecule has 3 rings (SSSR count). The Labute approximate surface area is 178 Å². The van der Waals surface area contributed by atoms with Crippen molar-refractivity contribution < 1.29 is 27.5 Å². The first-order valence-corrected chi connectivity index (χ1v) is 9.92. The zero-order valence-corrected chi connectivity index (χ0v) is 16.8. The van der Waals surface area contributed by atoms with E-state index in [1.165, 1.54) is 24.3 Å². The highest BCUT2D eigenvalue weighted by Gasteiger charge is 2.28. The molecule has 2 amide bonds. The van der Waals surface area contributed by atoms with E-state index >= 15 is 0 Å². The number of anilines is 1. The molecule has 166 valence electrons. The van der Waals surface area contributed by atoms with E-state index < -0.39 is 12.8 Å². The lowest BCUT2D eigenvalue weighted by atomic mass is 9.97. The quantitative estimate of drug-likeness (QED) is 0.696. The summed E-state index contributed by atoms with van der Waals surface area (Å²) in [5.74, 6) is -0.825. The summed E-state index contributed by atoms with van der Waals surface area (Å²) in [5.41, 5.74) is 7.26. The molecule has 31 heavy (non-hydrogen) atoms. The van der Waals surface area contributed by atoms with Gasteiger partial charge < -0.3 is 15.8 Å². The normalized spacial score (nSPS) is 17.2. The average Bonchev–Trinajstić information content (AvgIpc) is 2.73. The highest BCUT2D eigenvalue weighted by Crippen LogP contribution is 2.23. The number of piperidine rings is 1. The van der Waals surface area contributed by atoms with Crippen LogP contribution in [0.5, 0.6) is 5.75 Å². The van der Waals surface area contributed by atoms with Gasteiger partial charge in [0.1, 0.15) is 5.75 Å². The van der Waals surface area contributed by atoms with Crippen molar-refractivity contribution in [1.82, 2.24) is 4.90 Å². The first kappa shape index (κ1) is 22.6. The molecule has 2 aromatic rings. The number of carbonyl (C=O) groups is 2. The third-order valence-electron chi connectivity index (χ3n) is 5.09. The molecule has 2 aromatic carbocycles. The number of primary amides is 1. The lowest BCUT2D eigenvalue weighted by Crippen LogP contribution is -2.40. The van der Waals surface area contributed by atoms with Gasteiger partial charge in [0.25, 0.3) is 5.91 Å². The van der Waals surface area contributed by atoms with Gasteiger partial charge in [-0.3, -0.25) is 14.5 Å². The number of nitrogens with zero attached hydrogens (tertiary/aromatic N) is 1. The third-order valence-corrected chi connectivity index (χ3v) is 5.09. The number of halogens is 3. The largest absolute Gasteiger partial charge is 0.484 e. The number of hydrogen-bond acceptors (Lipinski definition) is 4. The molecule has 0 aromatic heterocycles. The monoisotopic (exact) mass is 435 g/mol. The Morgan fingerprint density at radius 3 is 2.52 bits per heavy atom. The lowest BCUT2D eigenvalue weighted by Gasteiger charge is -2.31. The van der Waals surface area contributed by atoms with E-state index in [9.17, 15) is 22.8 Å². The number of amides is 2.